The van der Waals surface area contributed by atoms with Gasteiger partial charge in [-0.05, 0) is 57.6 Å². The van der Waals surface area contributed by atoms with E-state index in [0.717, 1.165) is 31.6 Å². The van der Waals surface area contributed by atoms with Gasteiger partial charge in [0.15, 0.2) is 12.2 Å². The Balaban J connectivity index is 0.000000393. The van der Waals surface area contributed by atoms with E-state index < -0.39 is 0 Å². The molecule has 0 aliphatic heterocycles. The molecule has 19 heteroatoms. The number of aryl methyl sites for hydroxylation is 3. The number of nitrogens with one attached hydrogen (secondary N) is 1. The first-order chi connectivity index (χ1) is 15.6. The van der Waals surface area contributed by atoms with E-state index in [1.54, 1.807) is 25.0 Å². The number of hydrogen-bond acceptors (Lipinski definition) is 15. The molecule has 0 aliphatic rings. The lowest BCUT2D eigenvalue weighted by molar-refractivity contribution is 0.318. The Morgan fingerprint density at radius 1 is 1.03 bits per heavy atom. The normalized spacial score (nSPS) is 9.03. The zero-order chi connectivity index (χ0) is 23.9. The van der Waals surface area contributed by atoms with E-state index in [0.29, 0.717) is 6.54 Å². The lowest BCUT2D eigenvalue weighted by atomic mass is 10.3. The summed E-state index contributed by atoms with van der Waals surface area (Å²) in [5, 5.41) is 51.0. The second kappa shape index (κ2) is 20.3. The molecule has 0 amide bonds. The molecule has 0 fully saturated rings. The molecule has 32 heavy (non-hydrogen) atoms. The second-order valence-corrected chi connectivity index (χ2v) is 5.36. The highest BCUT2D eigenvalue weighted by Gasteiger charge is 1.98. The van der Waals surface area contributed by atoms with Crippen molar-refractivity contribution in [2.45, 2.75) is 39.7 Å². The lowest BCUT2D eigenvalue weighted by Crippen LogP contribution is -2.14. The molecular formula is C13H30N18O. The minimum atomic E-state index is 0.250. The Bertz CT molecular complexity index is 796. The van der Waals surface area contributed by atoms with Gasteiger partial charge in [-0.2, -0.15) is 5.21 Å². The number of tetrazole rings is 4. The molecule has 19 nitrogen and oxygen atoms in total. The van der Waals surface area contributed by atoms with Crippen LogP contribution in [0.25, 0.3) is 0 Å². The van der Waals surface area contributed by atoms with Gasteiger partial charge in [-0.3, -0.25) is 0 Å². The maximum absolute atomic E-state index is 7.57. The van der Waals surface area contributed by atoms with Crippen LogP contribution >= 0.6 is 0 Å². The topological polar surface area (TPSA) is 258 Å². The maximum Gasteiger partial charge on any atom is 0.174 e. The molecule has 4 aromatic rings. The number of nitrogens with zero attached hydrogens (tertiary/aromatic N) is 15. The molecule has 0 aromatic carbocycles. The third-order valence-electron chi connectivity index (χ3n) is 2.74. The van der Waals surface area contributed by atoms with Gasteiger partial charge in [0, 0.05) is 26.6 Å². The van der Waals surface area contributed by atoms with E-state index >= 15 is 0 Å². The predicted molar refractivity (Wildman–Crippen MR) is 109 cm³/mol. The number of nitrogen functional groups attached to an aromatic ring is 1. The van der Waals surface area contributed by atoms with Gasteiger partial charge in [0.25, 0.3) is 0 Å². The number of H-pyrrole nitrogens is 1. The van der Waals surface area contributed by atoms with Crippen LogP contribution in [0, 0.1) is 0 Å². The predicted octanol–water partition coefficient (Wildman–Crippen LogP) is -3.23. The van der Waals surface area contributed by atoms with E-state index in [4.69, 9.17) is 16.7 Å². The summed E-state index contributed by atoms with van der Waals surface area (Å²) in [6.07, 6.45) is 7.21. The van der Waals surface area contributed by atoms with E-state index in [-0.39, 0.29) is 6.61 Å². The first kappa shape index (κ1) is 28.0. The van der Waals surface area contributed by atoms with Crippen LogP contribution in [-0.4, -0.2) is 99.6 Å². The van der Waals surface area contributed by atoms with Crippen molar-refractivity contribution in [3.8, 4) is 0 Å². The Morgan fingerprint density at radius 2 is 1.75 bits per heavy atom. The molecule has 0 saturated heterocycles. The van der Waals surface area contributed by atoms with Gasteiger partial charge in [0.05, 0.1) is 0 Å². The minimum absolute atomic E-state index is 0.250. The van der Waals surface area contributed by atoms with E-state index in [2.05, 4.69) is 74.1 Å². The average Bonchev–Trinajstić information content (AvgIpc) is 3.59. The molecule has 4 rings (SSSR count). The Kier molecular flexibility index (Phi) is 17.7. The summed E-state index contributed by atoms with van der Waals surface area (Å²) < 4.78 is 3.19. The number of aliphatic hydroxyl groups excluding tert-OH is 1. The van der Waals surface area contributed by atoms with Crippen LogP contribution in [-0.2, 0) is 20.0 Å². The fourth-order valence-electron chi connectivity index (χ4n) is 1.47. The van der Waals surface area contributed by atoms with Gasteiger partial charge < -0.3 is 16.7 Å². The zero-order valence-electron chi connectivity index (χ0n) is 18.3. The van der Waals surface area contributed by atoms with Crippen LogP contribution in [0.1, 0.15) is 32.5 Å². The number of aliphatic hydroxyl groups is 1. The fraction of sp³-hybridized carbons (Fsp3) is 0.692. The highest BCUT2D eigenvalue weighted by Crippen LogP contribution is 1.90. The quantitative estimate of drug-likeness (QED) is 0.216. The summed E-state index contributed by atoms with van der Waals surface area (Å²) in [4.78, 5) is 1.20. The van der Waals surface area contributed by atoms with Gasteiger partial charge in [-0.1, -0.05) is 12.1 Å². The molecule has 0 radical (unpaired) electrons. The first-order valence-electron chi connectivity index (χ1n) is 9.46. The number of aromatic nitrogens is 16. The first-order valence-corrected chi connectivity index (χ1v) is 9.46. The van der Waals surface area contributed by atoms with E-state index in [1.807, 2.05) is 0 Å². The van der Waals surface area contributed by atoms with Crippen LogP contribution in [0.4, 0.5) is 0 Å². The van der Waals surface area contributed by atoms with Gasteiger partial charge in [0.2, 0.25) is 0 Å². The van der Waals surface area contributed by atoms with E-state index in [9.17, 15) is 0 Å². The molecule has 6 N–H and O–H groups in total. The second-order valence-electron chi connectivity index (χ2n) is 5.36. The number of aromatic amines is 1. The molecule has 0 unspecified atom stereocenters. The largest absolute Gasteiger partial charge is 0.397 e. The lowest BCUT2D eigenvalue weighted by Gasteiger charge is -1.93. The third-order valence-corrected chi connectivity index (χ3v) is 2.74. The van der Waals surface area contributed by atoms with Gasteiger partial charge in [-0.25, -0.2) is 9.36 Å². The number of hydrogen-bond donors (Lipinski definition) is 4. The SMILES string of the molecule is CCCc1nnnn1N.CCO.Cn1cnnn1.NCCCn1cnnn1.c1nn[nH]n1. The summed E-state index contributed by atoms with van der Waals surface area (Å²) in [5.74, 6) is 6.04. The summed E-state index contributed by atoms with van der Waals surface area (Å²) >= 11 is 0. The van der Waals surface area contributed by atoms with Crippen LogP contribution < -0.4 is 11.6 Å². The molecule has 0 saturated carbocycles. The Hall–Kier alpha value is -4.00. The maximum atomic E-state index is 7.57. The number of nitrogens with two attached hydrogens (primary N) is 2. The van der Waals surface area contributed by atoms with Gasteiger partial charge in [0.1, 0.15) is 12.7 Å². The van der Waals surface area contributed by atoms with Crippen LogP contribution in [0.15, 0.2) is 19.0 Å². The van der Waals surface area contributed by atoms with Gasteiger partial charge in [-0.15, -0.1) is 30.3 Å². The Morgan fingerprint density at radius 3 is 2.09 bits per heavy atom. The molecular weight excluding hydrogens is 424 g/mol. The van der Waals surface area contributed by atoms with Crippen molar-refractivity contribution in [2.24, 2.45) is 12.8 Å². The van der Waals surface area contributed by atoms with Crippen LogP contribution in [0.2, 0.25) is 0 Å². The standard InChI is InChI=1S/2C4H9N5.C2H4N4.C2H6O.CH2N4/c1-2-3-4-6-7-8-9(4)5;5-2-1-3-9-4-6-7-8-9;1-6-2-3-4-5-6;1-2-3;1-2-4-5-3-1/h2-3,5H2,1H3;4H,1-3,5H2;2H,1H3;3H,2H2,1H3;1H,(H,2,3,4,5). The Labute approximate surface area is 183 Å². The molecule has 0 spiro atoms. The van der Waals surface area contributed by atoms with Crippen molar-refractivity contribution >= 4 is 0 Å². The number of rotatable bonds is 5. The van der Waals surface area contributed by atoms with Crippen molar-refractivity contribution in [1.82, 2.24) is 81.4 Å². The van der Waals surface area contributed by atoms with Crippen molar-refractivity contribution in [3.05, 3.63) is 24.8 Å². The van der Waals surface area contributed by atoms with Crippen molar-refractivity contribution in [2.75, 3.05) is 19.0 Å². The fourth-order valence-corrected chi connectivity index (χ4v) is 1.47. The van der Waals surface area contributed by atoms with Gasteiger partial charge >= 0.3 is 0 Å². The van der Waals surface area contributed by atoms with Crippen LogP contribution in [0.3, 0.4) is 0 Å². The summed E-state index contributed by atoms with van der Waals surface area (Å²) in [7, 11) is 1.76. The van der Waals surface area contributed by atoms with Crippen molar-refractivity contribution < 1.29 is 5.11 Å². The molecule has 4 heterocycles. The van der Waals surface area contributed by atoms with Crippen molar-refractivity contribution in [3.63, 3.8) is 0 Å². The monoisotopic (exact) mass is 454 g/mol. The van der Waals surface area contributed by atoms with Crippen LogP contribution in [0.5, 0.6) is 0 Å². The highest BCUT2D eigenvalue weighted by molar-refractivity contribution is 4.78. The third kappa shape index (κ3) is 15.9. The van der Waals surface area contributed by atoms with Crippen molar-refractivity contribution in [1.29, 1.82) is 0 Å². The van der Waals surface area contributed by atoms with E-state index in [1.165, 1.54) is 22.1 Å². The summed E-state index contributed by atoms with van der Waals surface area (Å²) in [6.45, 7) is 5.47. The smallest absolute Gasteiger partial charge is 0.174 e. The average molecular weight is 455 g/mol. The highest BCUT2D eigenvalue weighted by atomic mass is 16.2. The molecule has 4 aromatic heterocycles. The molecule has 0 bridgehead atoms. The zero-order valence-corrected chi connectivity index (χ0v) is 18.3. The minimum Gasteiger partial charge on any atom is -0.397 e. The molecule has 0 aliphatic carbocycles. The summed E-state index contributed by atoms with van der Waals surface area (Å²) in [6, 6.07) is 0. The molecule has 178 valence electrons. The summed E-state index contributed by atoms with van der Waals surface area (Å²) in [5.41, 5.74) is 5.26. The molecule has 0 atom stereocenters.